The molecule has 0 fully saturated rings. The summed E-state index contributed by atoms with van der Waals surface area (Å²) < 4.78 is 0. The van der Waals surface area contributed by atoms with Gasteiger partial charge in [-0.2, -0.15) is 0 Å². The van der Waals surface area contributed by atoms with E-state index in [2.05, 4.69) is 15.4 Å². The summed E-state index contributed by atoms with van der Waals surface area (Å²) in [6, 6.07) is 27.0. The molecule has 0 aliphatic heterocycles. The smallest absolute Gasteiger partial charge is 0.258 e. The average molecular weight is 412 g/mol. The van der Waals surface area contributed by atoms with Gasteiger partial charge in [-0.05, 0) is 36.2 Å². The van der Waals surface area contributed by atoms with Gasteiger partial charge in [0.15, 0.2) is 0 Å². The Balaban J connectivity index is 1.38. The number of fused-ring (bicyclic) bond motifs is 1. The molecule has 0 saturated carbocycles. The van der Waals surface area contributed by atoms with E-state index in [1.807, 2.05) is 83.9 Å². The molecule has 2 N–H and O–H groups in total. The number of benzene rings is 3. The van der Waals surface area contributed by atoms with Crippen molar-refractivity contribution in [1.82, 2.24) is 15.4 Å². The number of amides is 1. The van der Waals surface area contributed by atoms with Crippen LogP contribution in [0.1, 0.15) is 24.2 Å². The highest BCUT2D eigenvalue weighted by molar-refractivity contribution is 5.78. The molecule has 0 radical (unpaired) electrons. The molecule has 0 atom stereocenters. The molecule has 1 heterocycles. The lowest BCUT2D eigenvalue weighted by Gasteiger charge is -2.25. The van der Waals surface area contributed by atoms with E-state index in [1.165, 1.54) is 0 Å². The van der Waals surface area contributed by atoms with E-state index >= 15 is 0 Å². The zero-order valence-corrected chi connectivity index (χ0v) is 17.1. The summed E-state index contributed by atoms with van der Waals surface area (Å²) >= 11 is 0. The van der Waals surface area contributed by atoms with Gasteiger partial charge < -0.3 is 4.98 Å². The van der Waals surface area contributed by atoms with Crippen LogP contribution < -0.4 is 16.0 Å². The first-order valence-corrected chi connectivity index (χ1v) is 10.3. The fourth-order valence-corrected chi connectivity index (χ4v) is 3.45. The summed E-state index contributed by atoms with van der Waals surface area (Å²) in [4.78, 5) is 32.1. The zero-order valence-electron chi connectivity index (χ0n) is 17.1. The van der Waals surface area contributed by atoms with Crippen LogP contribution in [0.25, 0.3) is 10.9 Å². The van der Waals surface area contributed by atoms with Gasteiger partial charge in [0.2, 0.25) is 5.91 Å². The van der Waals surface area contributed by atoms with Crippen molar-refractivity contribution in [2.75, 3.05) is 5.01 Å². The van der Waals surface area contributed by atoms with Crippen molar-refractivity contribution in [2.24, 2.45) is 0 Å². The van der Waals surface area contributed by atoms with E-state index in [0.29, 0.717) is 42.5 Å². The molecular formula is C25H24N4O2. The lowest BCUT2D eigenvalue weighted by Crippen LogP contribution is -2.41. The number of hydrazine groups is 1. The molecule has 0 unspecified atom stereocenters. The number of nitrogens with zero attached hydrogens (tertiary/aromatic N) is 2. The van der Waals surface area contributed by atoms with E-state index in [0.717, 1.165) is 11.3 Å². The van der Waals surface area contributed by atoms with Crippen molar-refractivity contribution >= 4 is 22.5 Å². The summed E-state index contributed by atoms with van der Waals surface area (Å²) in [6.07, 6.45) is 1.44. The summed E-state index contributed by atoms with van der Waals surface area (Å²) in [7, 11) is 0. The maximum Gasteiger partial charge on any atom is 0.258 e. The standard InChI is InChI=1S/C25H24N4O2/c30-24(17-9-16-23-26-22-15-8-7-14-21(22)25(31)27-23)28-29(20-12-5-2-6-13-20)18-19-10-3-1-4-11-19/h1-8,10-15H,9,16-18H2,(H,28,30)(H,26,27,31). The van der Waals surface area contributed by atoms with Gasteiger partial charge in [0.25, 0.3) is 5.56 Å². The topological polar surface area (TPSA) is 78.1 Å². The first-order valence-electron chi connectivity index (χ1n) is 10.3. The number of aromatic amines is 1. The maximum absolute atomic E-state index is 12.6. The fourth-order valence-electron chi connectivity index (χ4n) is 3.45. The van der Waals surface area contributed by atoms with E-state index < -0.39 is 0 Å². The molecule has 4 aromatic rings. The highest BCUT2D eigenvalue weighted by Crippen LogP contribution is 2.15. The van der Waals surface area contributed by atoms with Crippen LogP contribution in [0, 0.1) is 0 Å². The van der Waals surface area contributed by atoms with Crippen LogP contribution in [0.3, 0.4) is 0 Å². The molecule has 0 bridgehead atoms. The first kappa shape index (κ1) is 20.3. The largest absolute Gasteiger partial charge is 0.310 e. The molecule has 0 spiro atoms. The monoisotopic (exact) mass is 412 g/mol. The number of hydrogen-bond acceptors (Lipinski definition) is 4. The minimum Gasteiger partial charge on any atom is -0.310 e. The minimum atomic E-state index is -0.150. The van der Waals surface area contributed by atoms with E-state index in [1.54, 1.807) is 6.07 Å². The zero-order chi connectivity index (χ0) is 21.5. The number of nitrogens with one attached hydrogen (secondary N) is 2. The second-order valence-electron chi connectivity index (χ2n) is 7.33. The van der Waals surface area contributed by atoms with Gasteiger partial charge in [0, 0.05) is 12.8 Å². The van der Waals surface area contributed by atoms with Crippen LogP contribution in [-0.2, 0) is 17.8 Å². The molecule has 6 nitrogen and oxygen atoms in total. The van der Waals surface area contributed by atoms with Crippen LogP contribution in [-0.4, -0.2) is 15.9 Å². The molecule has 0 aliphatic rings. The van der Waals surface area contributed by atoms with Gasteiger partial charge in [-0.1, -0.05) is 60.7 Å². The molecule has 31 heavy (non-hydrogen) atoms. The Morgan fingerprint density at radius 1 is 0.903 bits per heavy atom. The summed E-state index contributed by atoms with van der Waals surface area (Å²) in [5, 5.41) is 2.43. The van der Waals surface area contributed by atoms with Gasteiger partial charge in [0.05, 0.1) is 23.1 Å². The third-order valence-corrected chi connectivity index (χ3v) is 4.99. The lowest BCUT2D eigenvalue weighted by atomic mass is 10.2. The van der Waals surface area contributed by atoms with Crippen LogP contribution >= 0.6 is 0 Å². The van der Waals surface area contributed by atoms with Crippen molar-refractivity contribution in [3.05, 3.63) is 107 Å². The van der Waals surface area contributed by atoms with Crippen molar-refractivity contribution in [2.45, 2.75) is 25.8 Å². The fraction of sp³-hybridized carbons (Fsp3) is 0.160. The Bertz CT molecular complexity index is 1210. The summed E-state index contributed by atoms with van der Waals surface area (Å²) in [5.74, 6) is 0.517. The predicted molar refractivity (Wildman–Crippen MR) is 123 cm³/mol. The van der Waals surface area contributed by atoms with E-state index in [4.69, 9.17) is 0 Å². The molecule has 156 valence electrons. The molecule has 3 aromatic carbocycles. The molecule has 6 heteroatoms. The number of hydrogen-bond donors (Lipinski definition) is 2. The van der Waals surface area contributed by atoms with Gasteiger partial charge in [-0.15, -0.1) is 0 Å². The Hall–Kier alpha value is -3.93. The van der Waals surface area contributed by atoms with Crippen LogP contribution in [0.2, 0.25) is 0 Å². The minimum absolute atomic E-state index is 0.0806. The number of H-pyrrole nitrogens is 1. The van der Waals surface area contributed by atoms with Gasteiger partial charge in [0.1, 0.15) is 5.82 Å². The highest BCUT2D eigenvalue weighted by atomic mass is 16.2. The average Bonchev–Trinajstić information content (AvgIpc) is 2.80. The normalized spacial score (nSPS) is 10.7. The van der Waals surface area contributed by atoms with Crippen LogP contribution in [0.5, 0.6) is 0 Å². The van der Waals surface area contributed by atoms with E-state index in [9.17, 15) is 9.59 Å². The third-order valence-electron chi connectivity index (χ3n) is 4.99. The van der Waals surface area contributed by atoms with Gasteiger partial charge in [-0.25, -0.2) is 4.98 Å². The van der Waals surface area contributed by atoms with Crippen molar-refractivity contribution in [3.8, 4) is 0 Å². The van der Waals surface area contributed by atoms with Gasteiger partial charge in [-0.3, -0.25) is 20.0 Å². The molecule has 0 aliphatic carbocycles. The summed E-state index contributed by atoms with van der Waals surface area (Å²) in [5.41, 5.74) is 5.55. The second-order valence-corrected chi connectivity index (χ2v) is 7.33. The maximum atomic E-state index is 12.6. The predicted octanol–water partition coefficient (Wildman–Crippen LogP) is 3.98. The molecule has 1 amide bonds. The van der Waals surface area contributed by atoms with Crippen molar-refractivity contribution in [1.29, 1.82) is 0 Å². The van der Waals surface area contributed by atoms with Crippen molar-refractivity contribution < 1.29 is 4.79 Å². The highest BCUT2D eigenvalue weighted by Gasteiger charge is 2.12. The Morgan fingerprint density at radius 2 is 1.58 bits per heavy atom. The molecule has 0 saturated heterocycles. The number of para-hydroxylation sites is 2. The molecule has 4 rings (SSSR count). The van der Waals surface area contributed by atoms with Gasteiger partial charge >= 0.3 is 0 Å². The van der Waals surface area contributed by atoms with Crippen molar-refractivity contribution in [3.63, 3.8) is 0 Å². The molecular weight excluding hydrogens is 388 g/mol. The number of carbonyl (C=O) groups is 1. The number of carbonyl (C=O) groups excluding carboxylic acids is 1. The Morgan fingerprint density at radius 3 is 2.35 bits per heavy atom. The number of rotatable bonds is 8. The first-order chi connectivity index (χ1) is 15.2. The Labute approximate surface area is 180 Å². The molecule has 1 aromatic heterocycles. The van der Waals surface area contributed by atoms with E-state index in [-0.39, 0.29) is 11.5 Å². The number of aryl methyl sites for hydroxylation is 1. The number of anilines is 1. The SMILES string of the molecule is O=C(CCCc1nc2ccccc2c(=O)[nH]1)NN(Cc1ccccc1)c1ccccc1. The van der Waals surface area contributed by atoms with Crippen LogP contribution in [0.4, 0.5) is 5.69 Å². The number of aromatic nitrogens is 2. The van der Waals surface area contributed by atoms with Crippen LogP contribution in [0.15, 0.2) is 89.7 Å². The summed E-state index contributed by atoms with van der Waals surface area (Å²) in [6.45, 7) is 0.566. The second kappa shape index (κ2) is 9.71. The lowest BCUT2D eigenvalue weighted by molar-refractivity contribution is -0.121. The quantitative estimate of drug-likeness (QED) is 0.429. The third kappa shape index (κ3) is 5.36. The Kier molecular flexibility index (Phi) is 6.38.